The number of carboxylic acid groups (broad SMARTS) is 1. The van der Waals surface area contributed by atoms with Crippen molar-refractivity contribution in [2.45, 2.75) is 26.2 Å². The van der Waals surface area contributed by atoms with E-state index in [9.17, 15) is 9.18 Å². The summed E-state index contributed by atoms with van der Waals surface area (Å²) in [6, 6.07) is 2.85. The summed E-state index contributed by atoms with van der Waals surface area (Å²) in [5, 5.41) is 8.90. The molecule has 1 rings (SSSR count). The predicted molar refractivity (Wildman–Crippen MR) is 54.0 cm³/mol. The SMILES string of the molecule is CCC(c1ccc(F)cn1)C(C)C(=O)O. The lowest BCUT2D eigenvalue weighted by molar-refractivity contribution is -0.142. The molecule has 0 aliphatic carbocycles. The van der Waals surface area contributed by atoms with Crippen LogP contribution in [-0.4, -0.2) is 16.1 Å². The number of hydrogen-bond acceptors (Lipinski definition) is 2. The van der Waals surface area contributed by atoms with E-state index in [4.69, 9.17) is 5.11 Å². The van der Waals surface area contributed by atoms with Crippen molar-refractivity contribution in [2.24, 2.45) is 5.92 Å². The molecule has 0 amide bonds. The summed E-state index contributed by atoms with van der Waals surface area (Å²) in [5.74, 6) is -1.93. The molecule has 1 aromatic rings. The van der Waals surface area contributed by atoms with Crippen LogP contribution in [0.1, 0.15) is 31.9 Å². The van der Waals surface area contributed by atoms with Gasteiger partial charge in [0, 0.05) is 11.6 Å². The van der Waals surface area contributed by atoms with Crippen LogP contribution in [0, 0.1) is 11.7 Å². The molecule has 1 aromatic heterocycles. The van der Waals surface area contributed by atoms with Gasteiger partial charge in [-0.05, 0) is 18.6 Å². The van der Waals surface area contributed by atoms with E-state index in [1.165, 1.54) is 6.07 Å². The van der Waals surface area contributed by atoms with Gasteiger partial charge < -0.3 is 5.11 Å². The minimum atomic E-state index is -0.854. The zero-order valence-electron chi connectivity index (χ0n) is 8.77. The molecule has 0 saturated carbocycles. The average Bonchev–Trinajstić information content (AvgIpc) is 2.21. The van der Waals surface area contributed by atoms with E-state index in [1.807, 2.05) is 6.92 Å². The van der Waals surface area contributed by atoms with Gasteiger partial charge in [-0.15, -0.1) is 0 Å². The molecule has 0 bridgehead atoms. The van der Waals surface area contributed by atoms with Crippen molar-refractivity contribution in [3.63, 3.8) is 0 Å². The lowest BCUT2D eigenvalue weighted by Gasteiger charge is -2.18. The molecule has 1 heterocycles. The molecular weight excluding hydrogens is 197 g/mol. The van der Waals surface area contributed by atoms with Gasteiger partial charge in [-0.25, -0.2) is 4.39 Å². The molecule has 0 saturated heterocycles. The minimum absolute atomic E-state index is 0.164. The molecule has 3 nitrogen and oxygen atoms in total. The summed E-state index contributed by atoms with van der Waals surface area (Å²) in [6.07, 6.45) is 1.79. The van der Waals surface area contributed by atoms with Gasteiger partial charge in [0.1, 0.15) is 5.82 Å². The van der Waals surface area contributed by atoms with E-state index in [0.717, 1.165) is 6.20 Å². The summed E-state index contributed by atoms with van der Waals surface area (Å²) in [6.45, 7) is 3.54. The maximum atomic E-state index is 12.6. The molecule has 4 heteroatoms. The van der Waals surface area contributed by atoms with E-state index in [1.54, 1.807) is 13.0 Å². The van der Waals surface area contributed by atoms with E-state index >= 15 is 0 Å². The third-order valence-electron chi connectivity index (χ3n) is 2.56. The lowest BCUT2D eigenvalue weighted by Crippen LogP contribution is -2.19. The molecule has 15 heavy (non-hydrogen) atoms. The van der Waals surface area contributed by atoms with Crippen LogP contribution in [0.4, 0.5) is 4.39 Å². The van der Waals surface area contributed by atoms with Crippen molar-refractivity contribution in [1.29, 1.82) is 0 Å². The first kappa shape index (κ1) is 11.6. The fourth-order valence-corrected chi connectivity index (χ4v) is 1.60. The van der Waals surface area contributed by atoms with Crippen LogP contribution in [0.15, 0.2) is 18.3 Å². The van der Waals surface area contributed by atoms with Crippen molar-refractivity contribution in [3.05, 3.63) is 29.8 Å². The number of nitrogens with zero attached hydrogens (tertiary/aromatic N) is 1. The zero-order chi connectivity index (χ0) is 11.4. The van der Waals surface area contributed by atoms with E-state index < -0.39 is 17.7 Å². The van der Waals surface area contributed by atoms with Gasteiger partial charge in [-0.2, -0.15) is 0 Å². The molecule has 1 N–H and O–H groups in total. The van der Waals surface area contributed by atoms with Crippen LogP contribution < -0.4 is 0 Å². The molecule has 2 unspecified atom stereocenters. The number of halogens is 1. The second kappa shape index (κ2) is 4.87. The summed E-state index contributed by atoms with van der Waals surface area (Å²) in [5.41, 5.74) is 0.633. The highest BCUT2D eigenvalue weighted by atomic mass is 19.1. The fourth-order valence-electron chi connectivity index (χ4n) is 1.60. The Kier molecular flexibility index (Phi) is 3.77. The third kappa shape index (κ3) is 2.75. The van der Waals surface area contributed by atoms with Crippen molar-refractivity contribution >= 4 is 5.97 Å². The molecule has 0 radical (unpaired) electrons. The van der Waals surface area contributed by atoms with Crippen molar-refractivity contribution < 1.29 is 14.3 Å². The van der Waals surface area contributed by atoms with Gasteiger partial charge in [-0.1, -0.05) is 13.8 Å². The standard InChI is InChI=1S/C11H14FNO2/c1-3-9(7(2)11(14)15)10-5-4-8(12)6-13-10/h4-7,9H,3H2,1-2H3,(H,14,15). The van der Waals surface area contributed by atoms with E-state index in [2.05, 4.69) is 4.98 Å². The highest BCUT2D eigenvalue weighted by Crippen LogP contribution is 2.26. The highest BCUT2D eigenvalue weighted by Gasteiger charge is 2.24. The fraction of sp³-hybridized carbons (Fsp3) is 0.455. The summed E-state index contributed by atoms with van der Waals surface area (Å²) >= 11 is 0. The zero-order valence-corrected chi connectivity index (χ0v) is 8.77. The van der Waals surface area contributed by atoms with Gasteiger partial charge in [0.05, 0.1) is 12.1 Å². The smallest absolute Gasteiger partial charge is 0.306 e. The molecule has 0 aliphatic rings. The monoisotopic (exact) mass is 211 g/mol. The van der Waals surface area contributed by atoms with Crippen molar-refractivity contribution in [2.75, 3.05) is 0 Å². The molecular formula is C11H14FNO2. The Morgan fingerprint density at radius 3 is 2.67 bits per heavy atom. The number of aliphatic carboxylic acids is 1. The van der Waals surface area contributed by atoms with Crippen LogP contribution in [0.5, 0.6) is 0 Å². The van der Waals surface area contributed by atoms with Crippen LogP contribution in [0.2, 0.25) is 0 Å². The summed E-state index contributed by atoms with van der Waals surface area (Å²) < 4.78 is 12.6. The number of hydrogen-bond donors (Lipinski definition) is 1. The Morgan fingerprint density at radius 2 is 2.27 bits per heavy atom. The van der Waals surface area contributed by atoms with Gasteiger partial charge in [-0.3, -0.25) is 9.78 Å². The second-order valence-electron chi connectivity index (χ2n) is 3.54. The second-order valence-corrected chi connectivity index (χ2v) is 3.54. The number of rotatable bonds is 4. The minimum Gasteiger partial charge on any atom is -0.481 e. The van der Waals surface area contributed by atoms with Crippen LogP contribution in [0.25, 0.3) is 0 Å². The summed E-state index contributed by atoms with van der Waals surface area (Å²) in [4.78, 5) is 14.8. The van der Waals surface area contributed by atoms with Gasteiger partial charge in [0.25, 0.3) is 0 Å². The Morgan fingerprint density at radius 1 is 1.60 bits per heavy atom. The topological polar surface area (TPSA) is 50.2 Å². The molecule has 82 valence electrons. The average molecular weight is 211 g/mol. The maximum absolute atomic E-state index is 12.6. The molecule has 0 spiro atoms. The normalized spacial score (nSPS) is 14.6. The van der Waals surface area contributed by atoms with Crippen molar-refractivity contribution in [3.8, 4) is 0 Å². The lowest BCUT2D eigenvalue weighted by atomic mass is 9.88. The largest absolute Gasteiger partial charge is 0.481 e. The van der Waals surface area contributed by atoms with Crippen molar-refractivity contribution in [1.82, 2.24) is 4.98 Å². The first-order chi connectivity index (χ1) is 7.06. The van der Waals surface area contributed by atoms with Crippen LogP contribution in [-0.2, 0) is 4.79 Å². The first-order valence-electron chi connectivity index (χ1n) is 4.90. The van der Waals surface area contributed by atoms with E-state index in [0.29, 0.717) is 12.1 Å². The van der Waals surface area contributed by atoms with Gasteiger partial charge in [0.15, 0.2) is 0 Å². The summed E-state index contributed by atoms with van der Waals surface area (Å²) in [7, 11) is 0. The Balaban J connectivity index is 2.92. The Labute approximate surface area is 88.0 Å². The van der Waals surface area contributed by atoms with Gasteiger partial charge in [0.2, 0.25) is 0 Å². The maximum Gasteiger partial charge on any atom is 0.306 e. The number of carbonyl (C=O) groups is 1. The first-order valence-corrected chi connectivity index (χ1v) is 4.90. The Bertz CT molecular complexity index is 337. The molecule has 2 atom stereocenters. The number of aromatic nitrogens is 1. The third-order valence-corrected chi connectivity index (χ3v) is 2.56. The van der Waals surface area contributed by atoms with Gasteiger partial charge >= 0.3 is 5.97 Å². The number of carboxylic acids is 1. The van der Waals surface area contributed by atoms with E-state index in [-0.39, 0.29) is 5.92 Å². The molecule has 0 aliphatic heterocycles. The van der Waals surface area contributed by atoms with Crippen LogP contribution >= 0.6 is 0 Å². The number of pyridine rings is 1. The quantitative estimate of drug-likeness (QED) is 0.832. The molecule has 0 aromatic carbocycles. The van der Waals surface area contributed by atoms with Crippen LogP contribution in [0.3, 0.4) is 0 Å². The Hall–Kier alpha value is -1.45. The highest BCUT2D eigenvalue weighted by molar-refractivity contribution is 5.70. The predicted octanol–water partition coefficient (Wildman–Crippen LogP) is 2.43. The molecule has 0 fully saturated rings.